The normalized spacial score (nSPS) is 11.7. The molecule has 0 fully saturated rings. The van der Waals surface area contributed by atoms with E-state index < -0.39 is 15.8 Å². The van der Waals surface area contributed by atoms with Crippen molar-refractivity contribution in [2.75, 3.05) is 4.72 Å². The van der Waals surface area contributed by atoms with Gasteiger partial charge in [0.2, 0.25) is 0 Å². The van der Waals surface area contributed by atoms with Gasteiger partial charge >= 0.3 is 0 Å². The monoisotopic (exact) mass is 364 g/mol. The predicted octanol–water partition coefficient (Wildman–Crippen LogP) is 3.18. The Labute approximate surface area is 144 Å². The van der Waals surface area contributed by atoms with Gasteiger partial charge in [0.15, 0.2) is 5.82 Å². The summed E-state index contributed by atoms with van der Waals surface area (Å²) in [7, 11) is -4.07. The van der Waals surface area contributed by atoms with Crippen molar-refractivity contribution in [2.45, 2.75) is 32.1 Å². The summed E-state index contributed by atoms with van der Waals surface area (Å²) >= 11 is 0. The number of anilines is 1. The molecule has 0 saturated carbocycles. The lowest BCUT2D eigenvalue weighted by atomic mass is 10.2. The van der Waals surface area contributed by atoms with E-state index in [4.69, 9.17) is 4.52 Å². The number of hydrogen-bond donors (Lipinski definition) is 2. The molecule has 2 N–H and O–H groups in total. The molecule has 7 nitrogen and oxygen atoms in total. The van der Waals surface area contributed by atoms with E-state index in [-0.39, 0.29) is 22.0 Å². The van der Waals surface area contributed by atoms with Crippen molar-refractivity contribution >= 4 is 15.7 Å². The van der Waals surface area contributed by atoms with Crippen LogP contribution < -0.4 is 4.72 Å². The van der Waals surface area contributed by atoms with E-state index in [0.717, 1.165) is 0 Å². The number of aromatic nitrogens is 3. The maximum absolute atomic E-state index is 13.8. The van der Waals surface area contributed by atoms with Crippen LogP contribution in [-0.2, 0) is 16.4 Å². The molecule has 25 heavy (non-hydrogen) atoms. The molecular weight excluding hydrogens is 347 g/mol. The van der Waals surface area contributed by atoms with Crippen molar-refractivity contribution in [3.05, 3.63) is 47.3 Å². The van der Waals surface area contributed by atoms with Crippen LogP contribution in [0.2, 0.25) is 0 Å². The third-order valence-electron chi connectivity index (χ3n) is 3.70. The number of nitrogens with one attached hydrogen (secondary N) is 2. The Morgan fingerprint density at radius 2 is 1.96 bits per heavy atom. The molecule has 0 radical (unpaired) electrons. The van der Waals surface area contributed by atoms with Crippen LogP contribution in [0, 0.1) is 19.7 Å². The maximum Gasteiger partial charge on any atom is 0.264 e. The Kier molecular flexibility index (Phi) is 4.34. The first kappa shape index (κ1) is 17.2. The molecule has 0 saturated heterocycles. The minimum absolute atomic E-state index is 0.0421. The number of nitrogens with zero attached hydrogens (tertiary/aromatic N) is 2. The molecule has 3 rings (SSSR count). The summed E-state index contributed by atoms with van der Waals surface area (Å²) in [6.07, 6.45) is 0.557. The first-order valence-electron chi connectivity index (χ1n) is 7.63. The molecule has 3 aromatic rings. The third-order valence-corrected chi connectivity index (χ3v) is 5.24. The molecular formula is C16H17FN4O3S. The zero-order chi connectivity index (χ0) is 18.2. The SMILES string of the molecule is CCc1noc(-c2c(C)[nH]c(C)c2S(=O)(=O)Nc2ccccc2F)n1. The maximum atomic E-state index is 13.8. The van der Waals surface area contributed by atoms with Crippen LogP contribution >= 0.6 is 0 Å². The summed E-state index contributed by atoms with van der Waals surface area (Å²) in [6, 6.07) is 5.56. The highest BCUT2D eigenvalue weighted by Crippen LogP contribution is 2.33. The van der Waals surface area contributed by atoms with E-state index in [2.05, 4.69) is 19.8 Å². The number of halogens is 1. The Morgan fingerprint density at radius 1 is 1.24 bits per heavy atom. The molecule has 0 bridgehead atoms. The molecule has 0 atom stereocenters. The number of hydrogen-bond acceptors (Lipinski definition) is 5. The fourth-order valence-corrected chi connectivity index (χ4v) is 4.11. The molecule has 0 unspecified atom stereocenters. The molecule has 0 aliphatic rings. The van der Waals surface area contributed by atoms with Gasteiger partial charge in [-0.1, -0.05) is 24.2 Å². The first-order chi connectivity index (χ1) is 11.8. The summed E-state index contributed by atoms with van der Waals surface area (Å²) in [6.45, 7) is 5.19. The van der Waals surface area contributed by atoms with Gasteiger partial charge in [0, 0.05) is 17.8 Å². The number of rotatable bonds is 5. The smallest absolute Gasteiger partial charge is 0.264 e. The lowest BCUT2D eigenvalue weighted by Gasteiger charge is -2.09. The van der Waals surface area contributed by atoms with Crippen LogP contribution in [-0.4, -0.2) is 23.5 Å². The second-order valence-electron chi connectivity index (χ2n) is 5.53. The topological polar surface area (TPSA) is 101 Å². The average Bonchev–Trinajstić information content (AvgIpc) is 3.13. The highest BCUT2D eigenvalue weighted by molar-refractivity contribution is 7.93. The molecule has 2 heterocycles. The fourth-order valence-electron chi connectivity index (χ4n) is 2.59. The fraction of sp³-hybridized carbons (Fsp3) is 0.250. The second kappa shape index (κ2) is 6.32. The number of sulfonamides is 1. The Bertz CT molecular complexity index is 1020. The van der Waals surface area contributed by atoms with Gasteiger partial charge in [0.1, 0.15) is 10.7 Å². The van der Waals surface area contributed by atoms with Crippen molar-refractivity contribution in [3.8, 4) is 11.5 Å². The van der Waals surface area contributed by atoms with Crippen molar-refractivity contribution in [1.82, 2.24) is 15.1 Å². The molecule has 0 amide bonds. The summed E-state index contributed by atoms with van der Waals surface area (Å²) in [5.41, 5.74) is 1.12. The van der Waals surface area contributed by atoms with Crippen LogP contribution in [0.5, 0.6) is 0 Å². The van der Waals surface area contributed by atoms with Gasteiger partial charge in [0.25, 0.3) is 15.9 Å². The van der Waals surface area contributed by atoms with Crippen LogP contribution in [0.15, 0.2) is 33.7 Å². The van der Waals surface area contributed by atoms with Gasteiger partial charge in [-0.25, -0.2) is 12.8 Å². The van der Waals surface area contributed by atoms with E-state index in [9.17, 15) is 12.8 Å². The highest BCUT2D eigenvalue weighted by Gasteiger charge is 2.29. The minimum Gasteiger partial charge on any atom is -0.361 e. The molecule has 1 aromatic carbocycles. The summed E-state index contributed by atoms with van der Waals surface area (Å²) in [5.74, 6) is -0.0881. The van der Waals surface area contributed by atoms with Crippen molar-refractivity contribution in [1.29, 1.82) is 0 Å². The number of H-pyrrole nitrogens is 1. The average molecular weight is 364 g/mol. The van der Waals surface area contributed by atoms with Crippen LogP contribution in [0.25, 0.3) is 11.5 Å². The van der Waals surface area contributed by atoms with Gasteiger partial charge in [-0.3, -0.25) is 4.72 Å². The zero-order valence-electron chi connectivity index (χ0n) is 13.9. The van der Waals surface area contributed by atoms with E-state index in [1.165, 1.54) is 18.2 Å². The third kappa shape index (κ3) is 3.14. The van der Waals surface area contributed by atoms with Crippen molar-refractivity contribution in [3.63, 3.8) is 0 Å². The number of benzene rings is 1. The number of aryl methyl sites for hydroxylation is 3. The quantitative estimate of drug-likeness (QED) is 0.724. The van der Waals surface area contributed by atoms with Gasteiger partial charge in [-0.15, -0.1) is 0 Å². The van der Waals surface area contributed by atoms with E-state index in [1.54, 1.807) is 19.9 Å². The summed E-state index contributed by atoms with van der Waals surface area (Å²) < 4.78 is 47.1. The van der Waals surface area contributed by atoms with Crippen LogP contribution in [0.4, 0.5) is 10.1 Å². The number of para-hydroxylation sites is 1. The summed E-state index contributed by atoms with van der Waals surface area (Å²) in [4.78, 5) is 7.13. The minimum atomic E-state index is -4.07. The molecule has 0 aliphatic heterocycles. The van der Waals surface area contributed by atoms with E-state index in [1.807, 2.05) is 6.92 Å². The van der Waals surface area contributed by atoms with Gasteiger partial charge in [-0.05, 0) is 26.0 Å². The molecule has 9 heteroatoms. The zero-order valence-corrected chi connectivity index (χ0v) is 14.7. The van der Waals surface area contributed by atoms with Gasteiger partial charge in [0.05, 0.1) is 11.3 Å². The lowest BCUT2D eigenvalue weighted by Crippen LogP contribution is -2.15. The molecule has 2 aromatic heterocycles. The predicted molar refractivity (Wildman–Crippen MR) is 90.1 cm³/mol. The lowest BCUT2D eigenvalue weighted by molar-refractivity contribution is 0.422. The van der Waals surface area contributed by atoms with E-state index in [0.29, 0.717) is 23.6 Å². The van der Waals surface area contributed by atoms with Gasteiger partial charge in [-0.2, -0.15) is 4.98 Å². The number of aromatic amines is 1. The second-order valence-corrected chi connectivity index (χ2v) is 7.15. The van der Waals surface area contributed by atoms with E-state index >= 15 is 0 Å². The first-order valence-corrected chi connectivity index (χ1v) is 9.11. The Balaban J connectivity index is 2.12. The largest absolute Gasteiger partial charge is 0.361 e. The van der Waals surface area contributed by atoms with Crippen molar-refractivity contribution in [2.24, 2.45) is 0 Å². The molecule has 0 aliphatic carbocycles. The molecule has 132 valence electrons. The Hall–Kier alpha value is -2.68. The van der Waals surface area contributed by atoms with Gasteiger partial charge < -0.3 is 9.51 Å². The van der Waals surface area contributed by atoms with Crippen LogP contribution in [0.3, 0.4) is 0 Å². The highest BCUT2D eigenvalue weighted by atomic mass is 32.2. The molecule has 0 spiro atoms. The standard InChI is InChI=1S/C16H17FN4O3S/c1-4-13-19-16(24-20-13)14-9(2)18-10(3)15(14)25(22,23)21-12-8-6-5-7-11(12)17/h5-8,18,21H,4H2,1-3H3. The van der Waals surface area contributed by atoms with Crippen LogP contribution in [0.1, 0.15) is 24.1 Å². The summed E-state index contributed by atoms with van der Waals surface area (Å²) in [5, 5.41) is 3.81. The van der Waals surface area contributed by atoms with Crippen molar-refractivity contribution < 1.29 is 17.3 Å². The Morgan fingerprint density at radius 3 is 2.60 bits per heavy atom.